The minimum Gasteiger partial charge on any atom is -0.398 e. The number of rotatable bonds is 3. The summed E-state index contributed by atoms with van der Waals surface area (Å²) in [7, 11) is 0. The third-order valence-electron chi connectivity index (χ3n) is 1.80. The van der Waals surface area contributed by atoms with E-state index in [0.717, 1.165) is 0 Å². The molecule has 0 radical (unpaired) electrons. The van der Waals surface area contributed by atoms with Gasteiger partial charge in [0, 0.05) is 11.3 Å². The highest BCUT2D eigenvalue weighted by atomic mass is 19.1. The van der Waals surface area contributed by atoms with Crippen LogP contribution in [0.2, 0.25) is 0 Å². The van der Waals surface area contributed by atoms with Crippen LogP contribution in [0.25, 0.3) is 0 Å². The van der Waals surface area contributed by atoms with E-state index in [-0.39, 0.29) is 11.9 Å². The zero-order chi connectivity index (χ0) is 9.84. The molecule has 4 heteroatoms. The number of hydrogen-bond acceptors (Lipinski definition) is 3. The predicted octanol–water partition coefficient (Wildman–Crippen LogP) is 1.10. The summed E-state index contributed by atoms with van der Waals surface area (Å²) >= 11 is 0. The zero-order valence-electron chi connectivity index (χ0n) is 7.13. The average Bonchev–Trinajstić information content (AvgIpc) is 2.13. The summed E-state index contributed by atoms with van der Waals surface area (Å²) in [6.45, 7) is 3.56. The maximum absolute atomic E-state index is 12.8. The highest BCUT2D eigenvalue weighted by Gasteiger charge is 2.09. The van der Waals surface area contributed by atoms with E-state index in [1.54, 1.807) is 6.08 Å². The van der Waals surface area contributed by atoms with Gasteiger partial charge >= 0.3 is 0 Å². The Balaban J connectivity index is 3.10. The molecule has 0 aromatic heterocycles. The Labute approximate surface area is 76.2 Å². The summed E-state index contributed by atoms with van der Waals surface area (Å²) < 4.78 is 12.8. The molecule has 0 aliphatic rings. The Bertz CT molecular complexity index is 312. The molecule has 0 heterocycles. The fraction of sp³-hybridized carbons (Fsp3) is 0.111. The minimum atomic E-state index is -0.341. The van der Waals surface area contributed by atoms with Gasteiger partial charge in [0.15, 0.2) is 0 Å². The summed E-state index contributed by atoms with van der Waals surface area (Å²) in [5.74, 6) is 4.89. The lowest BCUT2D eigenvalue weighted by Crippen LogP contribution is -2.27. The first-order chi connectivity index (χ1) is 6.19. The van der Waals surface area contributed by atoms with Gasteiger partial charge in [0.1, 0.15) is 5.82 Å². The first-order valence-corrected chi connectivity index (χ1v) is 3.82. The van der Waals surface area contributed by atoms with E-state index in [1.807, 2.05) is 0 Å². The summed E-state index contributed by atoms with van der Waals surface area (Å²) in [5.41, 5.74) is 9.19. The molecule has 0 aliphatic carbocycles. The molecule has 1 unspecified atom stereocenters. The molecule has 1 aromatic rings. The van der Waals surface area contributed by atoms with Gasteiger partial charge in [-0.15, -0.1) is 6.58 Å². The topological polar surface area (TPSA) is 64.1 Å². The quantitative estimate of drug-likeness (QED) is 0.283. The van der Waals surface area contributed by atoms with Crippen LogP contribution in [0.4, 0.5) is 10.1 Å². The summed E-state index contributed by atoms with van der Waals surface area (Å²) in [6.07, 6.45) is 1.56. The molecular weight excluding hydrogens is 169 g/mol. The molecule has 3 nitrogen and oxygen atoms in total. The van der Waals surface area contributed by atoms with E-state index in [1.165, 1.54) is 18.2 Å². The zero-order valence-corrected chi connectivity index (χ0v) is 7.13. The van der Waals surface area contributed by atoms with Crippen molar-refractivity contribution < 1.29 is 4.39 Å². The van der Waals surface area contributed by atoms with E-state index < -0.39 is 0 Å². The Morgan fingerprint density at radius 2 is 2.23 bits per heavy atom. The van der Waals surface area contributed by atoms with Crippen molar-refractivity contribution in [2.75, 3.05) is 5.73 Å². The number of halogens is 1. The summed E-state index contributed by atoms with van der Waals surface area (Å²) in [6, 6.07) is 3.81. The van der Waals surface area contributed by atoms with Crippen molar-refractivity contribution in [1.82, 2.24) is 5.43 Å². The van der Waals surface area contributed by atoms with Gasteiger partial charge < -0.3 is 5.73 Å². The lowest BCUT2D eigenvalue weighted by Gasteiger charge is -2.13. The van der Waals surface area contributed by atoms with Crippen LogP contribution in [0.3, 0.4) is 0 Å². The van der Waals surface area contributed by atoms with Crippen molar-refractivity contribution in [1.29, 1.82) is 0 Å². The van der Waals surface area contributed by atoms with Gasteiger partial charge in [0.05, 0.1) is 6.04 Å². The molecule has 0 fully saturated rings. The van der Waals surface area contributed by atoms with Gasteiger partial charge in [-0.1, -0.05) is 6.08 Å². The number of benzene rings is 1. The fourth-order valence-corrected chi connectivity index (χ4v) is 1.10. The van der Waals surface area contributed by atoms with E-state index in [2.05, 4.69) is 12.0 Å². The van der Waals surface area contributed by atoms with Crippen molar-refractivity contribution in [3.05, 3.63) is 42.2 Å². The second-order valence-electron chi connectivity index (χ2n) is 2.65. The Kier molecular flexibility index (Phi) is 3.00. The predicted molar refractivity (Wildman–Crippen MR) is 51.1 cm³/mol. The van der Waals surface area contributed by atoms with E-state index in [0.29, 0.717) is 11.3 Å². The molecule has 1 rings (SSSR count). The number of nitrogens with two attached hydrogens (primary N) is 2. The Morgan fingerprint density at radius 1 is 1.54 bits per heavy atom. The standard InChI is InChI=1S/C9H12FN3/c1-2-9(13-12)7-5-6(10)3-4-8(7)11/h2-5,9,13H,1,11-12H2. The van der Waals surface area contributed by atoms with Crippen LogP contribution in [-0.4, -0.2) is 0 Å². The minimum absolute atomic E-state index is 0.323. The molecule has 0 bridgehead atoms. The van der Waals surface area contributed by atoms with Gasteiger partial charge in [-0.05, 0) is 18.2 Å². The number of nitrogen functional groups attached to an aromatic ring is 1. The SMILES string of the molecule is C=CC(NN)c1cc(F)ccc1N. The summed E-state index contributed by atoms with van der Waals surface area (Å²) in [5, 5.41) is 0. The molecule has 0 spiro atoms. The van der Waals surface area contributed by atoms with Crippen LogP contribution in [0.15, 0.2) is 30.9 Å². The van der Waals surface area contributed by atoms with Crippen LogP contribution >= 0.6 is 0 Å². The van der Waals surface area contributed by atoms with Gasteiger partial charge in [0.2, 0.25) is 0 Å². The maximum atomic E-state index is 12.8. The monoisotopic (exact) mass is 181 g/mol. The Morgan fingerprint density at radius 3 is 2.77 bits per heavy atom. The first kappa shape index (κ1) is 9.70. The number of hydrogen-bond donors (Lipinski definition) is 3. The van der Waals surface area contributed by atoms with Crippen LogP contribution in [0.1, 0.15) is 11.6 Å². The van der Waals surface area contributed by atoms with Crippen molar-refractivity contribution in [2.45, 2.75) is 6.04 Å². The molecule has 0 saturated heterocycles. The van der Waals surface area contributed by atoms with E-state index in [9.17, 15) is 4.39 Å². The second kappa shape index (κ2) is 4.02. The highest BCUT2D eigenvalue weighted by Crippen LogP contribution is 2.21. The fourth-order valence-electron chi connectivity index (χ4n) is 1.10. The third-order valence-corrected chi connectivity index (χ3v) is 1.80. The van der Waals surface area contributed by atoms with Crippen molar-refractivity contribution >= 4 is 5.69 Å². The van der Waals surface area contributed by atoms with Crippen LogP contribution < -0.4 is 17.0 Å². The lowest BCUT2D eigenvalue weighted by molar-refractivity contribution is 0.613. The molecule has 5 N–H and O–H groups in total. The second-order valence-corrected chi connectivity index (χ2v) is 2.65. The third kappa shape index (κ3) is 2.05. The first-order valence-electron chi connectivity index (χ1n) is 3.82. The molecule has 0 aliphatic heterocycles. The molecule has 13 heavy (non-hydrogen) atoms. The molecular formula is C9H12FN3. The number of anilines is 1. The van der Waals surface area contributed by atoms with Gasteiger partial charge in [-0.3, -0.25) is 5.84 Å². The number of nitrogens with one attached hydrogen (secondary N) is 1. The lowest BCUT2D eigenvalue weighted by atomic mass is 10.1. The van der Waals surface area contributed by atoms with E-state index >= 15 is 0 Å². The average molecular weight is 181 g/mol. The van der Waals surface area contributed by atoms with Gasteiger partial charge in [-0.25, -0.2) is 9.82 Å². The van der Waals surface area contributed by atoms with Crippen LogP contribution in [0.5, 0.6) is 0 Å². The van der Waals surface area contributed by atoms with Crippen LogP contribution in [-0.2, 0) is 0 Å². The highest BCUT2D eigenvalue weighted by molar-refractivity contribution is 5.49. The van der Waals surface area contributed by atoms with Crippen LogP contribution in [0, 0.1) is 5.82 Å². The molecule has 1 aromatic carbocycles. The summed E-state index contributed by atoms with van der Waals surface area (Å²) in [4.78, 5) is 0. The van der Waals surface area contributed by atoms with E-state index in [4.69, 9.17) is 11.6 Å². The van der Waals surface area contributed by atoms with Crippen molar-refractivity contribution in [3.8, 4) is 0 Å². The van der Waals surface area contributed by atoms with Gasteiger partial charge in [-0.2, -0.15) is 0 Å². The van der Waals surface area contributed by atoms with Crippen molar-refractivity contribution in [3.63, 3.8) is 0 Å². The molecule has 0 saturated carbocycles. The molecule has 1 atom stereocenters. The Hall–Kier alpha value is -1.39. The van der Waals surface area contributed by atoms with Crippen molar-refractivity contribution in [2.24, 2.45) is 5.84 Å². The molecule has 0 amide bonds. The van der Waals surface area contributed by atoms with Gasteiger partial charge in [0.25, 0.3) is 0 Å². The number of hydrazine groups is 1. The largest absolute Gasteiger partial charge is 0.398 e. The maximum Gasteiger partial charge on any atom is 0.123 e. The normalized spacial score (nSPS) is 12.5. The smallest absolute Gasteiger partial charge is 0.123 e. The molecule has 70 valence electrons.